The van der Waals surface area contributed by atoms with E-state index in [0.29, 0.717) is 29.3 Å². The summed E-state index contributed by atoms with van der Waals surface area (Å²) in [5, 5.41) is 22.8. The lowest BCUT2D eigenvalue weighted by Gasteiger charge is -2.18. The first kappa shape index (κ1) is 23.2. The Bertz CT molecular complexity index is 1410. The van der Waals surface area contributed by atoms with Gasteiger partial charge in [-0.05, 0) is 55.5 Å². The number of benzene rings is 2. The highest BCUT2D eigenvalue weighted by molar-refractivity contribution is 6.03. The Balaban J connectivity index is 0.00000140. The predicted molar refractivity (Wildman–Crippen MR) is 132 cm³/mol. The molecule has 0 bridgehead atoms. The molecule has 2 heterocycles. The van der Waals surface area contributed by atoms with Crippen LogP contribution >= 0.6 is 0 Å². The molecule has 36 heavy (non-hydrogen) atoms. The van der Waals surface area contributed by atoms with Crippen molar-refractivity contribution in [1.82, 2.24) is 4.57 Å². The van der Waals surface area contributed by atoms with Gasteiger partial charge in [-0.2, -0.15) is 0 Å². The molecule has 10 heteroatoms. The lowest BCUT2D eigenvalue weighted by molar-refractivity contribution is -0.286. The van der Waals surface area contributed by atoms with Crippen LogP contribution in [-0.4, -0.2) is 39.7 Å². The average Bonchev–Trinajstić information content (AvgIpc) is 3.73. The summed E-state index contributed by atoms with van der Waals surface area (Å²) in [6.45, 7) is 1.81. The Morgan fingerprint density at radius 1 is 1.14 bits per heavy atom. The highest BCUT2D eigenvalue weighted by Crippen LogP contribution is 2.53. The molecule has 1 atom stereocenters. The zero-order valence-electron chi connectivity index (χ0n) is 19.5. The number of aromatic nitrogens is 1. The molecular formula is C26H33F3N2O5. The summed E-state index contributed by atoms with van der Waals surface area (Å²) in [6, 6.07) is 9.09. The van der Waals surface area contributed by atoms with E-state index < -0.39 is 36.1 Å². The normalized spacial score (nSPS) is 20.8. The number of nitrogens with zero attached hydrogens (tertiary/aromatic N) is 1. The molecule has 0 spiro atoms. The van der Waals surface area contributed by atoms with Gasteiger partial charge in [-0.25, -0.2) is 4.39 Å². The molecule has 3 aliphatic rings. The molecule has 0 unspecified atom stereocenters. The third-order valence-corrected chi connectivity index (χ3v) is 7.60. The summed E-state index contributed by atoms with van der Waals surface area (Å²) in [5.41, 5.74) is 0.972. The molecular weight excluding hydrogens is 477 g/mol. The summed E-state index contributed by atoms with van der Waals surface area (Å²) < 4.78 is 52.8. The first-order valence-electron chi connectivity index (χ1n) is 11.9. The summed E-state index contributed by atoms with van der Waals surface area (Å²) in [5.74, 6) is -1.32. The van der Waals surface area contributed by atoms with E-state index in [4.69, 9.17) is 0 Å². The van der Waals surface area contributed by atoms with Crippen LogP contribution in [-0.2, 0) is 22.2 Å². The highest BCUT2D eigenvalue weighted by Gasteiger charge is 2.53. The molecule has 7 nitrogen and oxygen atoms in total. The second-order valence-corrected chi connectivity index (χ2v) is 10.3. The van der Waals surface area contributed by atoms with Crippen LogP contribution in [0, 0.1) is 5.82 Å². The van der Waals surface area contributed by atoms with Crippen LogP contribution in [0.2, 0.25) is 0 Å². The Kier molecular flexibility index (Phi) is 4.91. The van der Waals surface area contributed by atoms with Gasteiger partial charge in [0.05, 0.1) is 35.9 Å². The van der Waals surface area contributed by atoms with Crippen LogP contribution in [0.5, 0.6) is 11.5 Å². The van der Waals surface area contributed by atoms with Crippen molar-refractivity contribution in [3.63, 3.8) is 0 Å². The van der Waals surface area contributed by atoms with Crippen molar-refractivity contribution < 1.29 is 43.4 Å². The number of amides is 1. The minimum absolute atomic E-state index is 0. The van der Waals surface area contributed by atoms with Crippen LogP contribution < -0.4 is 14.8 Å². The number of aliphatic hydroxyl groups is 2. The maximum Gasteiger partial charge on any atom is 0.586 e. The van der Waals surface area contributed by atoms with Gasteiger partial charge >= 0.3 is 6.29 Å². The van der Waals surface area contributed by atoms with E-state index >= 15 is 4.39 Å². The Labute approximate surface area is 210 Å². The number of ether oxygens (including phenoxy) is 2. The zero-order valence-corrected chi connectivity index (χ0v) is 19.5. The van der Waals surface area contributed by atoms with Crippen LogP contribution in [0.25, 0.3) is 10.9 Å². The Morgan fingerprint density at radius 2 is 1.86 bits per heavy atom. The first-order valence-corrected chi connectivity index (χ1v) is 11.9. The number of halogens is 3. The lowest BCUT2D eigenvalue weighted by Crippen LogP contribution is -2.28. The van der Waals surface area contributed by atoms with Gasteiger partial charge in [0.15, 0.2) is 11.5 Å². The van der Waals surface area contributed by atoms with E-state index in [1.807, 2.05) is 10.6 Å². The molecule has 2 saturated carbocycles. The van der Waals surface area contributed by atoms with Crippen LogP contribution in [0.1, 0.15) is 49.6 Å². The van der Waals surface area contributed by atoms with Crippen molar-refractivity contribution in [2.75, 3.05) is 11.9 Å². The highest BCUT2D eigenvalue weighted by atomic mass is 19.3. The quantitative estimate of drug-likeness (QED) is 0.408. The molecule has 3 aromatic rings. The molecule has 0 radical (unpaired) electrons. The topological polar surface area (TPSA) is 93.0 Å². The fourth-order valence-corrected chi connectivity index (χ4v) is 5.05. The van der Waals surface area contributed by atoms with Gasteiger partial charge in [-0.15, -0.1) is 8.78 Å². The van der Waals surface area contributed by atoms with Crippen molar-refractivity contribution in [3.8, 4) is 11.5 Å². The van der Waals surface area contributed by atoms with Crippen molar-refractivity contribution in [2.45, 2.75) is 62.4 Å². The number of carbonyl (C=O) groups is 1. The SMILES string of the molecule is CC1(c2cc3cc(NC(=O)C4(c5ccc6c(c5)OC(F)(F)O6)CC4)c(F)cc3n2C[C@H](O)CO)CC1.[HH].[HH].[HH].[HH]. The standard InChI is InChI=1S/C26H25F3N2O5.4H2/c1-24(4-5-24)22-9-14-8-18(17(27)11-19(14)31(22)12-16(33)13-32)30-23(34)25(6-7-25)15-2-3-20-21(10-15)36-26(28,29)35-20;;;;/h2-3,8-11,16,32-33H,4-7,12-13H2,1H3,(H,30,34);4*1H/t16-;;;;/m0..../s1. The number of alkyl halides is 2. The monoisotopic (exact) mass is 510 g/mol. The number of rotatable bonds is 7. The second kappa shape index (κ2) is 7.63. The van der Waals surface area contributed by atoms with Crippen molar-refractivity contribution in [1.29, 1.82) is 0 Å². The van der Waals surface area contributed by atoms with Crippen molar-refractivity contribution >= 4 is 22.5 Å². The average molecular weight is 511 g/mol. The maximum absolute atomic E-state index is 15.2. The number of anilines is 1. The fourth-order valence-electron chi connectivity index (χ4n) is 5.05. The molecule has 0 saturated heterocycles. The van der Waals surface area contributed by atoms with E-state index in [0.717, 1.165) is 18.5 Å². The van der Waals surface area contributed by atoms with Crippen LogP contribution in [0.15, 0.2) is 36.4 Å². The predicted octanol–water partition coefficient (Wildman–Crippen LogP) is 5.16. The van der Waals surface area contributed by atoms with Gasteiger partial charge in [0.2, 0.25) is 5.91 Å². The molecule has 2 aromatic carbocycles. The smallest absolute Gasteiger partial charge is 0.395 e. The van der Waals surface area contributed by atoms with Gasteiger partial charge < -0.3 is 29.6 Å². The van der Waals surface area contributed by atoms with Gasteiger partial charge in [0.25, 0.3) is 0 Å². The summed E-state index contributed by atoms with van der Waals surface area (Å²) in [6.07, 6.45) is -1.84. The second-order valence-electron chi connectivity index (χ2n) is 10.3. The van der Waals surface area contributed by atoms with Crippen molar-refractivity contribution in [2.24, 2.45) is 0 Å². The summed E-state index contributed by atoms with van der Waals surface area (Å²) in [4.78, 5) is 13.3. The molecule has 3 N–H and O–H groups in total. The Morgan fingerprint density at radius 3 is 2.53 bits per heavy atom. The molecule has 2 aliphatic carbocycles. The largest absolute Gasteiger partial charge is 0.586 e. The number of hydrogen-bond acceptors (Lipinski definition) is 5. The van der Waals surface area contributed by atoms with Gasteiger partial charge in [0, 0.05) is 28.3 Å². The van der Waals surface area contributed by atoms with Gasteiger partial charge in [-0.1, -0.05) is 13.0 Å². The summed E-state index contributed by atoms with van der Waals surface area (Å²) in [7, 11) is 0. The molecule has 1 amide bonds. The minimum atomic E-state index is -3.75. The number of aliphatic hydroxyl groups excluding tert-OH is 2. The molecule has 1 aromatic heterocycles. The Hall–Kier alpha value is -3.24. The lowest BCUT2D eigenvalue weighted by atomic mass is 9.94. The van der Waals surface area contributed by atoms with E-state index in [-0.39, 0.29) is 34.9 Å². The van der Waals surface area contributed by atoms with Crippen LogP contribution in [0.3, 0.4) is 0 Å². The number of fused-ring (bicyclic) bond motifs is 2. The van der Waals surface area contributed by atoms with E-state index in [9.17, 15) is 23.8 Å². The fraction of sp³-hybridized carbons (Fsp3) is 0.423. The summed E-state index contributed by atoms with van der Waals surface area (Å²) >= 11 is 0. The van der Waals surface area contributed by atoms with E-state index in [1.54, 1.807) is 12.1 Å². The number of carbonyl (C=O) groups excluding carboxylic acids is 1. The maximum atomic E-state index is 15.2. The van der Waals surface area contributed by atoms with Gasteiger partial charge in [0.1, 0.15) is 5.82 Å². The third kappa shape index (κ3) is 3.70. The third-order valence-electron chi connectivity index (χ3n) is 7.60. The minimum Gasteiger partial charge on any atom is -0.395 e. The molecule has 6 rings (SSSR count). The van der Waals surface area contributed by atoms with E-state index in [1.165, 1.54) is 18.2 Å². The zero-order chi connectivity index (χ0) is 25.5. The van der Waals surface area contributed by atoms with Crippen LogP contribution in [0.4, 0.5) is 18.9 Å². The van der Waals surface area contributed by atoms with E-state index in [2.05, 4.69) is 21.7 Å². The molecule has 2 fully saturated rings. The first-order chi connectivity index (χ1) is 17.0. The van der Waals surface area contributed by atoms with Gasteiger partial charge in [-0.3, -0.25) is 4.79 Å². The molecule has 1 aliphatic heterocycles. The number of nitrogens with one attached hydrogen (secondary N) is 1. The van der Waals surface area contributed by atoms with Crippen molar-refractivity contribution in [3.05, 3.63) is 53.5 Å². The number of hydrogen-bond donors (Lipinski definition) is 3. The molecule has 198 valence electrons.